The van der Waals surface area contributed by atoms with Crippen molar-refractivity contribution < 1.29 is 14.6 Å². The van der Waals surface area contributed by atoms with Crippen molar-refractivity contribution >= 4 is 39.1 Å². The zero-order chi connectivity index (χ0) is 15.6. The summed E-state index contributed by atoms with van der Waals surface area (Å²) in [5, 5.41) is 11.3. The lowest BCUT2D eigenvalue weighted by Crippen LogP contribution is -2.04. The number of halogens is 3. The van der Waals surface area contributed by atoms with Gasteiger partial charge in [0.1, 0.15) is 17.6 Å². The molecule has 6 heteroatoms. The van der Waals surface area contributed by atoms with E-state index in [0.717, 1.165) is 4.47 Å². The highest BCUT2D eigenvalue weighted by atomic mass is 79.9. The lowest BCUT2D eigenvalue weighted by molar-refractivity contribution is 0.214. The molecule has 2 aromatic rings. The summed E-state index contributed by atoms with van der Waals surface area (Å²) in [6.07, 6.45) is -0.979. The first-order chi connectivity index (χ1) is 9.99. The Labute approximate surface area is 141 Å². The largest absolute Gasteiger partial charge is 0.496 e. The SMILES string of the molecule is COc1cc(C(O)c2cccc(Cl)c2Cl)c(OC)cc1Br. The van der Waals surface area contributed by atoms with Gasteiger partial charge >= 0.3 is 0 Å². The van der Waals surface area contributed by atoms with Gasteiger partial charge in [-0.3, -0.25) is 0 Å². The molecule has 21 heavy (non-hydrogen) atoms. The van der Waals surface area contributed by atoms with Crippen LogP contribution in [-0.2, 0) is 0 Å². The first kappa shape index (κ1) is 16.4. The third-order valence-electron chi connectivity index (χ3n) is 3.07. The number of methoxy groups -OCH3 is 2. The Morgan fingerprint density at radius 3 is 2.33 bits per heavy atom. The molecule has 0 aliphatic heterocycles. The number of ether oxygens (including phenoxy) is 2. The molecule has 3 nitrogen and oxygen atoms in total. The van der Waals surface area contributed by atoms with Gasteiger partial charge in [0.2, 0.25) is 0 Å². The van der Waals surface area contributed by atoms with E-state index in [0.29, 0.717) is 32.7 Å². The van der Waals surface area contributed by atoms with Gasteiger partial charge in [0.15, 0.2) is 0 Å². The molecule has 2 rings (SSSR count). The minimum Gasteiger partial charge on any atom is -0.496 e. The normalized spacial score (nSPS) is 12.1. The Morgan fingerprint density at radius 1 is 1.05 bits per heavy atom. The molecule has 1 N–H and O–H groups in total. The second kappa shape index (κ2) is 6.88. The van der Waals surface area contributed by atoms with Crippen molar-refractivity contribution in [2.75, 3.05) is 14.2 Å². The first-order valence-electron chi connectivity index (χ1n) is 6.03. The maximum atomic E-state index is 10.6. The van der Waals surface area contributed by atoms with Crippen LogP contribution in [0, 0.1) is 0 Å². The first-order valence-corrected chi connectivity index (χ1v) is 7.57. The van der Waals surface area contributed by atoms with Crippen LogP contribution < -0.4 is 9.47 Å². The molecule has 0 bridgehead atoms. The van der Waals surface area contributed by atoms with E-state index in [9.17, 15) is 5.11 Å². The predicted molar refractivity (Wildman–Crippen MR) is 87.8 cm³/mol. The van der Waals surface area contributed by atoms with Crippen LogP contribution in [0.25, 0.3) is 0 Å². The summed E-state index contributed by atoms with van der Waals surface area (Å²) in [4.78, 5) is 0. The van der Waals surface area contributed by atoms with E-state index in [1.54, 1.807) is 37.4 Å². The minimum absolute atomic E-state index is 0.315. The van der Waals surface area contributed by atoms with E-state index in [2.05, 4.69) is 15.9 Å². The van der Waals surface area contributed by atoms with Crippen molar-refractivity contribution in [3.05, 3.63) is 56.0 Å². The maximum Gasteiger partial charge on any atom is 0.133 e. The molecule has 0 spiro atoms. The maximum absolute atomic E-state index is 10.6. The van der Waals surface area contributed by atoms with Gasteiger partial charge < -0.3 is 14.6 Å². The van der Waals surface area contributed by atoms with Crippen LogP contribution in [0.3, 0.4) is 0 Å². The Morgan fingerprint density at radius 2 is 1.71 bits per heavy atom. The van der Waals surface area contributed by atoms with Crippen molar-refractivity contribution in [2.45, 2.75) is 6.10 Å². The molecule has 1 unspecified atom stereocenters. The predicted octanol–water partition coefficient (Wildman–Crippen LogP) is 4.85. The number of aliphatic hydroxyl groups is 1. The molecule has 0 saturated carbocycles. The highest BCUT2D eigenvalue weighted by molar-refractivity contribution is 9.10. The number of rotatable bonds is 4. The van der Waals surface area contributed by atoms with Gasteiger partial charge in [-0.15, -0.1) is 0 Å². The summed E-state index contributed by atoms with van der Waals surface area (Å²) in [6, 6.07) is 8.54. The molecular weight excluding hydrogens is 379 g/mol. The molecule has 1 atom stereocenters. The fourth-order valence-electron chi connectivity index (χ4n) is 2.00. The molecule has 0 amide bonds. The molecular formula is C15H13BrCl2O3. The van der Waals surface area contributed by atoms with E-state index < -0.39 is 6.10 Å². The molecule has 0 radical (unpaired) electrons. The van der Waals surface area contributed by atoms with Gasteiger partial charge in [0, 0.05) is 11.1 Å². The lowest BCUT2D eigenvalue weighted by atomic mass is 10.00. The Hall–Kier alpha value is -0.940. The van der Waals surface area contributed by atoms with Crippen molar-refractivity contribution in [1.29, 1.82) is 0 Å². The monoisotopic (exact) mass is 390 g/mol. The van der Waals surface area contributed by atoms with Crippen LogP contribution in [0.2, 0.25) is 10.0 Å². The summed E-state index contributed by atoms with van der Waals surface area (Å²) < 4.78 is 11.3. The Bertz CT molecular complexity index is 662. The fraction of sp³-hybridized carbons (Fsp3) is 0.200. The average molecular weight is 392 g/mol. The summed E-state index contributed by atoms with van der Waals surface area (Å²) in [5.41, 5.74) is 1.05. The molecule has 0 heterocycles. The topological polar surface area (TPSA) is 38.7 Å². The number of aliphatic hydroxyl groups excluding tert-OH is 1. The van der Waals surface area contributed by atoms with Crippen molar-refractivity contribution in [3.8, 4) is 11.5 Å². The highest BCUT2D eigenvalue weighted by Crippen LogP contribution is 2.40. The van der Waals surface area contributed by atoms with Crippen LogP contribution in [0.5, 0.6) is 11.5 Å². The molecule has 0 fully saturated rings. The van der Waals surface area contributed by atoms with Crippen molar-refractivity contribution in [3.63, 3.8) is 0 Å². The standard InChI is InChI=1S/C15H13BrCl2O3/c1-20-12-7-10(16)13(21-2)6-9(12)15(19)8-4-3-5-11(17)14(8)18/h3-7,15,19H,1-2H3. The van der Waals surface area contributed by atoms with E-state index in [4.69, 9.17) is 32.7 Å². The fourth-order valence-corrected chi connectivity index (χ4v) is 2.89. The Balaban J connectivity index is 2.56. The van der Waals surface area contributed by atoms with Crippen molar-refractivity contribution in [1.82, 2.24) is 0 Å². The number of hydrogen-bond acceptors (Lipinski definition) is 3. The average Bonchev–Trinajstić information content (AvgIpc) is 2.49. The van der Waals surface area contributed by atoms with Crippen molar-refractivity contribution in [2.24, 2.45) is 0 Å². The summed E-state index contributed by atoms with van der Waals surface area (Å²) in [6.45, 7) is 0. The summed E-state index contributed by atoms with van der Waals surface area (Å²) >= 11 is 15.5. The molecule has 112 valence electrons. The summed E-state index contributed by atoms with van der Waals surface area (Å²) in [7, 11) is 3.08. The zero-order valence-corrected chi connectivity index (χ0v) is 14.5. The highest BCUT2D eigenvalue weighted by Gasteiger charge is 2.21. The molecule has 0 aliphatic carbocycles. The summed E-state index contributed by atoms with van der Waals surface area (Å²) in [5.74, 6) is 1.11. The third-order valence-corrected chi connectivity index (χ3v) is 4.53. The van der Waals surface area contributed by atoms with Gasteiger partial charge in [-0.2, -0.15) is 0 Å². The molecule has 0 saturated heterocycles. The molecule has 0 aromatic heterocycles. The van der Waals surface area contributed by atoms with Gasteiger partial charge in [-0.25, -0.2) is 0 Å². The molecule has 2 aromatic carbocycles. The number of benzene rings is 2. The third kappa shape index (κ3) is 3.29. The second-order valence-corrected chi connectivity index (χ2v) is 5.91. The van der Waals surface area contributed by atoms with Crippen LogP contribution >= 0.6 is 39.1 Å². The molecule has 0 aliphatic rings. The van der Waals surface area contributed by atoms with E-state index >= 15 is 0 Å². The minimum atomic E-state index is -0.979. The van der Waals surface area contributed by atoms with Crippen LogP contribution in [0.15, 0.2) is 34.8 Å². The second-order valence-electron chi connectivity index (χ2n) is 4.27. The van der Waals surface area contributed by atoms with Crippen LogP contribution in [0.1, 0.15) is 17.2 Å². The van der Waals surface area contributed by atoms with Gasteiger partial charge in [-0.05, 0) is 34.1 Å². The van der Waals surface area contributed by atoms with Gasteiger partial charge in [-0.1, -0.05) is 35.3 Å². The van der Waals surface area contributed by atoms with Gasteiger partial charge in [0.25, 0.3) is 0 Å². The Kier molecular flexibility index (Phi) is 5.38. The zero-order valence-electron chi connectivity index (χ0n) is 11.4. The lowest BCUT2D eigenvalue weighted by Gasteiger charge is -2.18. The van der Waals surface area contributed by atoms with Crippen LogP contribution in [-0.4, -0.2) is 19.3 Å². The number of hydrogen-bond donors (Lipinski definition) is 1. The van der Waals surface area contributed by atoms with E-state index in [-0.39, 0.29) is 0 Å². The van der Waals surface area contributed by atoms with E-state index in [1.807, 2.05) is 0 Å². The smallest absolute Gasteiger partial charge is 0.133 e. The quantitative estimate of drug-likeness (QED) is 0.809. The van der Waals surface area contributed by atoms with Crippen LogP contribution in [0.4, 0.5) is 0 Å². The van der Waals surface area contributed by atoms with Gasteiger partial charge in [0.05, 0.1) is 28.7 Å². The van der Waals surface area contributed by atoms with E-state index in [1.165, 1.54) is 7.11 Å².